The maximum Gasteiger partial charge on any atom is 0.255 e. The molecule has 24 heavy (non-hydrogen) atoms. The van der Waals surface area contributed by atoms with Gasteiger partial charge in [-0.2, -0.15) is 5.10 Å². The molecule has 1 aliphatic carbocycles. The predicted octanol–water partition coefficient (Wildman–Crippen LogP) is 2.87. The topological polar surface area (TPSA) is 67.2 Å². The fourth-order valence-electron chi connectivity index (χ4n) is 3.30. The molecule has 1 saturated carbocycles. The van der Waals surface area contributed by atoms with Gasteiger partial charge in [0.05, 0.1) is 24.4 Å². The maximum absolute atomic E-state index is 13.4. The normalized spacial score (nSPS) is 15.0. The van der Waals surface area contributed by atoms with Crippen molar-refractivity contribution in [3.05, 3.63) is 52.6 Å². The summed E-state index contributed by atoms with van der Waals surface area (Å²) in [6.45, 7) is 1.84. The van der Waals surface area contributed by atoms with Crippen molar-refractivity contribution in [2.45, 2.75) is 51.8 Å². The number of benzene rings is 1. The van der Waals surface area contributed by atoms with Gasteiger partial charge in [-0.1, -0.05) is 18.9 Å². The molecule has 1 fully saturated rings. The Hall–Kier alpha value is -2.21. The molecular weight excluding hydrogens is 309 g/mol. The first-order chi connectivity index (χ1) is 11.6. The van der Waals surface area contributed by atoms with Crippen molar-refractivity contribution in [3.63, 3.8) is 0 Å². The molecular formula is C18H22FN3O2. The van der Waals surface area contributed by atoms with E-state index in [1.807, 2.05) is 11.6 Å². The highest BCUT2D eigenvalue weighted by Crippen LogP contribution is 2.30. The minimum Gasteiger partial charge on any atom is -0.392 e. The van der Waals surface area contributed by atoms with Crippen LogP contribution in [0.3, 0.4) is 0 Å². The van der Waals surface area contributed by atoms with E-state index in [1.54, 1.807) is 18.3 Å². The number of rotatable bonds is 5. The van der Waals surface area contributed by atoms with E-state index >= 15 is 0 Å². The summed E-state index contributed by atoms with van der Waals surface area (Å²) in [7, 11) is 0. The Morgan fingerprint density at radius 2 is 2.17 bits per heavy atom. The minimum atomic E-state index is -0.443. The predicted molar refractivity (Wildman–Crippen MR) is 88.0 cm³/mol. The number of aliphatic hydroxyl groups excluding tert-OH is 1. The zero-order chi connectivity index (χ0) is 17.1. The highest BCUT2D eigenvalue weighted by molar-refractivity contribution is 5.95. The molecule has 6 heteroatoms. The Kier molecular flexibility index (Phi) is 4.94. The minimum absolute atomic E-state index is 0.188. The molecule has 0 unspecified atom stereocenters. The van der Waals surface area contributed by atoms with Crippen LogP contribution in [0.1, 0.15) is 58.9 Å². The first kappa shape index (κ1) is 16.6. The average Bonchev–Trinajstić information content (AvgIpc) is 3.23. The number of halogens is 1. The quantitative estimate of drug-likeness (QED) is 0.885. The smallest absolute Gasteiger partial charge is 0.255 e. The van der Waals surface area contributed by atoms with Crippen LogP contribution in [0.15, 0.2) is 24.4 Å². The monoisotopic (exact) mass is 331 g/mol. The summed E-state index contributed by atoms with van der Waals surface area (Å²) in [5.41, 5.74) is 2.43. The zero-order valence-electron chi connectivity index (χ0n) is 13.8. The Labute approximate surface area is 140 Å². The third kappa shape index (κ3) is 3.33. The molecule has 1 amide bonds. The average molecular weight is 331 g/mol. The lowest BCUT2D eigenvalue weighted by atomic mass is 10.1. The Bertz CT molecular complexity index is 736. The largest absolute Gasteiger partial charge is 0.392 e. The van der Waals surface area contributed by atoms with Crippen LogP contribution < -0.4 is 5.32 Å². The second-order valence-electron chi connectivity index (χ2n) is 6.29. The van der Waals surface area contributed by atoms with Gasteiger partial charge in [0.2, 0.25) is 0 Å². The number of hydrogen-bond acceptors (Lipinski definition) is 3. The van der Waals surface area contributed by atoms with Crippen molar-refractivity contribution in [2.24, 2.45) is 0 Å². The number of aromatic nitrogens is 2. The van der Waals surface area contributed by atoms with Gasteiger partial charge in [-0.05, 0) is 37.5 Å². The van der Waals surface area contributed by atoms with Crippen molar-refractivity contribution in [1.29, 1.82) is 0 Å². The summed E-state index contributed by atoms with van der Waals surface area (Å²) in [5.74, 6) is -0.632. The van der Waals surface area contributed by atoms with Crippen molar-refractivity contribution in [3.8, 4) is 0 Å². The summed E-state index contributed by atoms with van der Waals surface area (Å²) < 4.78 is 15.3. The fourth-order valence-corrected chi connectivity index (χ4v) is 3.30. The van der Waals surface area contributed by atoms with Gasteiger partial charge in [-0.25, -0.2) is 4.39 Å². The molecule has 2 aromatic rings. The summed E-state index contributed by atoms with van der Waals surface area (Å²) >= 11 is 0. The number of nitrogens with zero attached hydrogens (tertiary/aromatic N) is 2. The summed E-state index contributed by atoms with van der Waals surface area (Å²) in [6.07, 6.45) is 6.27. The van der Waals surface area contributed by atoms with Gasteiger partial charge in [0, 0.05) is 17.8 Å². The highest BCUT2D eigenvalue weighted by Gasteiger charge is 2.22. The standard InChI is InChI=1S/C18H22FN3O2/c1-12-16(10-21-22(12)15-4-2-3-5-15)18(24)20-9-13-6-7-17(19)14(8-13)11-23/h6-8,10,15,23H,2-5,9,11H2,1H3,(H,20,24). The lowest BCUT2D eigenvalue weighted by molar-refractivity contribution is 0.0950. The molecule has 0 spiro atoms. The van der Waals surface area contributed by atoms with Crippen molar-refractivity contribution in [2.75, 3.05) is 0 Å². The molecule has 0 bridgehead atoms. The van der Waals surface area contributed by atoms with Crippen LogP contribution in [0.25, 0.3) is 0 Å². The van der Waals surface area contributed by atoms with Crippen molar-refractivity contribution < 1.29 is 14.3 Å². The van der Waals surface area contributed by atoms with Gasteiger partial charge in [0.15, 0.2) is 0 Å². The van der Waals surface area contributed by atoms with Crippen molar-refractivity contribution >= 4 is 5.91 Å². The van der Waals surface area contributed by atoms with Gasteiger partial charge < -0.3 is 10.4 Å². The first-order valence-corrected chi connectivity index (χ1v) is 8.30. The molecule has 0 saturated heterocycles. The number of aliphatic hydroxyl groups is 1. The molecule has 3 rings (SSSR count). The Morgan fingerprint density at radius 1 is 1.42 bits per heavy atom. The van der Waals surface area contributed by atoms with Crippen LogP contribution in [-0.4, -0.2) is 20.8 Å². The number of nitrogens with one attached hydrogen (secondary N) is 1. The zero-order valence-corrected chi connectivity index (χ0v) is 13.8. The Balaban J connectivity index is 1.67. The fraction of sp³-hybridized carbons (Fsp3) is 0.444. The van der Waals surface area contributed by atoms with Crippen LogP contribution in [0, 0.1) is 12.7 Å². The van der Waals surface area contributed by atoms with Gasteiger partial charge in [0.25, 0.3) is 5.91 Å². The van der Waals surface area contributed by atoms with Gasteiger partial charge in [-0.15, -0.1) is 0 Å². The van der Waals surface area contributed by atoms with Crippen LogP contribution in [0.4, 0.5) is 4.39 Å². The molecule has 0 aliphatic heterocycles. The lowest BCUT2D eigenvalue weighted by Gasteiger charge is -2.12. The second kappa shape index (κ2) is 7.13. The van der Waals surface area contributed by atoms with Crippen LogP contribution in [0.2, 0.25) is 0 Å². The molecule has 2 N–H and O–H groups in total. The van der Waals surface area contributed by atoms with E-state index in [1.165, 1.54) is 18.9 Å². The third-order valence-corrected chi connectivity index (χ3v) is 4.69. The van der Waals surface area contributed by atoms with E-state index in [4.69, 9.17) is 5.11 Å². The lowest BCUT2D eigenvalue weighted by Crippen LogP contribution is -2.23. The van der Waals surface area contributed by atoms with Crippen LogP contribution in [-0.2, 0) is 13.2 Å². The maximum atomic E-state index is 13.4. The Morgan fingerprint density at radius 3 is 2.88 bits per heavy atom. The van der Waals surface area contributed by atoms with E-state index in [2.05, 4.69) is 10.4 Å². The second-order valence-corrected chi connectivity index (χ2v) is 6.29. The van der Waals surface area contributed by atoms with Crippen LogP contribution >= 0.6 is 0 Å². The van der Waals surface area contributed by atoms with Gasteiger partial charge in [-0.3, -0.25) is 9.48 Å². The molecule has 0 radical (unpaired) electrons. The van der Waals surface area contributed by atoms with Gasteiger partial charge in [0.1, 0.15) is 5.82 Å². The van der Waals surface area contributed by atoms with E-state index in [-0.39, 0.29) is 24.6 Å². The van der Waals surface area contributed by atoms with Crippen molar-refractivity contribution in [1.82, 2.24) is 15.1 Å². The number of carbonyl (C=O) groups excluding carboxylic acids is 1. The molecule has 5 nitrogen and oxygen atoms in total. The SMILES string of the molecule is Cc1c(C(=O)NCc2ccc(F)c(CO)c2)cnn1C1CCCC1. The molecule has 1 heterocycles. The summed E-state index contributed by atoms with van der Waals surface area (Å²) in [5, 5.41) is 16.3. The van der Waals surface area contributed by atoms with E-state index < -0.39 is 5.82 Å². The number of hydrogen-bond donors (Lipinski definition) is 2. The first-order valence-electron chi connectivity index (χ1n) is 8.30. The number of carbonyl (C=O) groups is 1. The number of amides is 1. The summed E-state index contributed by atoms with van der Waals surface area (Å²) in [4.78, 5) is 12.4. The van der Waals surface area contributed by atoms with E-state index in [9.17, 15) is 9.18 Å². The van der Waals surface area contributed by atoms with E-state index in [0.29, 0.717) is 11.6 Å². The molecule has 1 aliphatic rings. The molecule has 1 aromatic heterocycles. The third-order valence-electron chi connectivity index (χ3n) is 4.69. The molecule has 1 aromatic carbocycles. The van der Waals surface area contributed by atoms with E-state index in [0.717, 1.165) is 24.1 Å². The molecule has 128 valence electrons. The highest BCUT2D eigenvalue weighted by atomic mass is 19.1. The summed E-state index contributed by atoms with van der Waals surface area (Å²) in [6, 6.07) is 4.86. The molecule has 0 atom stereocenters. The van der Waals surface area contributed by atoms with Crippen LogP contribution in [0.5, 0.6) is 0 Å². The van der Waals surface area contributed by atoms with Gasteiger partial charge >= 0.3 is 0 Å².